The van der Waals surface area contributed by atoms with Gasteiger partial charge < -0.3 is 14.2 Å². The number of fused-ring (bicyclic) bond motifs is 1. The molecule has 1 heterocycles. The van der Waals surface area contributed by atoms with E-state index in [1.807, 2.05) is 6.07 Å². The Balaban J connectivity index is 1.79. The van der Waals surface area contributed by atoms with Crippen molar-refractivity contribution < 1.29 is 19.1 Å². The van der Waals surface area contributed by atoms with Crippen molar-refractivity contribution in [2.45, 2.75) is 18.8 Å². The third kappa shape index (κ3) is 3.23. The lowest BCUT2D eigenvalue weighted by Gasteiger charge is -2.14. The first-order valence-electron chi connectivity index (χ1n) is 8.57. The minimum Gasteiger partial charge on any atom is -0.493 e. The number of ether oxygens (including phenoxy) is 3. The van der Waals surface area contributed by atoms with Crippen LogP contribution in [0.1, 0.15) is 24.3 Å². The van der Waals surface area contributed by atoms with Gasteiger partial charge in [0.15, 0.2) is 11.5 Å². The summed E-state index contributed by atoms with van der Waals surface area (Å²) in [7, 11) is 3.14. The quantitative estimate of drug-likeness (QED) is 0.459. The normalized spacial score (nSPS) is 13.4. The first-order chi connectivity index (χ1) is 13.1. The van der Waals surface area contributed by atoms with Crippen LogP contribution in [0.15, 0.2) is 42.6 Å². The molecule has 1 saturated carbocycles. The van der Waals surface area contributed by atoms with Crippen molar-refractivity contribution in [2.75, 3.05) is 14.2 Å². The van der Waals surface area contributed by atoms with Crippen molar-refractivity contribution in [3.05, 3.63) is 58.3 Å². The Labute approximate surface area is 155 Å². The SMILES string of the molecule is COc1cc2nccc(Oc3ccc([N+](=O)[O-])cc3C3CC3)c2cc1OC. The maximum Gasteiger partial charge on any atom is 0.269 e. The Morgan fingerprint density at radius 1 is 1.00 bits per heavy atom. The molecule has 0 aliphatic heterocycles. The summed E-state index contributed by atoms with van der Waals surface area (Å²) >= 11 is 0. The number of benzene rings is 2. The lowest BCUT2D eigenvalue weighted by atomic mass is 10.1. The molecule has 3 aromatic rings. The Morgan fingerprint density at radius 3 is 2.41 bits per heavy atom. The molecular weight excluding hydrogens is 348 g/mol. The molecular formula is C20H18N2O5. The molecule has 0 amide bonds. The number of pyridine rings is 1. The Morgan fingerprint density at radius 2 is 1.74 bits per heavy atom. The third-order valence-corrected chi connectivity index (χ3v) is 4.65. The summed E-state index contributed by atoms with van der Waals surface area (Å²) in [5.41, 5.74) is 1.66. The summed E-state index contributed by atoms with van der Waals surface area (Å²) in [5, 5.41) is 11.9. The number of rotatable bonds is 6. The number of methoxy groups -OCH3 is 2. The van der Waals surface area contributed by atoms with Gasteiger partial charge in [-0.3, -0.25) is 15.1 Å². The van der Waals surface area contributed by atoms with Gasteiger partial charge in [-0.2, -0.15) is 0 Å². The van der Waals surface area contributed by atoms with Gasteiger partial charge in [0, 0.05) is 35.3 Å². The lowest BCUT2D eigenvalue weighted by molar-refractivity contribution is -0.384. The molecule has 0 spiro atoms. The van der Waals surface area contributed by atoms with E-state index in [-0.39, 0.29) is 10.6 Å². The van der Waals surface area contributed by atoms with Crippen LogP contribution in [0.2, 0.25) is 0 Å². The molecule has 0 atom stereocenters. The van der Waals surface area contributed by atoms with Crippen LogP contribution in [-0.2, 0) is 0 Å². The molecule has 1 aromatic heterocycles. The lowest BCUT2D eigenvalue weighted by Crippen LogP contribution is -1.96. The maximum atomic E-state index is 11.1. The van der Waals surface area contributed by atoms with Crippen molar-refractivity contribution in [2.24, 2.45) is 0 Å². The highest BCUT2D eigenvalue weighted by molar-refractivity contribution is 5.88. The number of aromatic nitrogens is 1. The van der Waals surface area contributed by atoms with Gasteiger partial charge in [0.05, 0.1) is 24.7 Å². The summed E-state index contributed by atoms with van der Waals surface area (Å²) < 4.78 is 16.9. The second-order valence-corrected chi connectivity index (χ2v) is 6.39. The second kappa shape index (κ2) is 6.75. The fourth-order valence-corrected chi connectivity index (χ4v) is 3.11. The van der Waals surface area contributed by atoms with E-state index in [0.29, 0.717) is 34.4 Å². The number of hydrogen-bond donors (Lipinski definition) is 0. The van der Waals surface area contributed by atoms with Crippen LogP contribution in [0.25, 0.3) is 10.9 Å². The Kier molecular flexibility index (Phi) is 4.27. The maximum absolute atomic E-state index is 11.1. The van der Waals surface area contributed by atoms with E-state index in [9.17, 15) is 10.1 Å². The van der Waals surface area contributed by atoms with Crippen molar-refractivity contribution in [3.63, 3.8) is 0 Å². The highest BCUT2D eigenvalue weighted by atomic mass is 16.6. The summed E-state index contributed by atoms with van der Waals surface area (Å²) in [6, 6.07) is 10.1. The van der Waals surface area contributed by atoms with Crippen molar-refractivity contribution in [1.29, 1.82) is 0 Å². The molecule has 138 valence electrons. The first kappa shape index (κ1) is 17.1. The molecule has 0 bridgehead atoms. The van der Waals surface area contributed by atoms with E-state index in [0.717, 1.165) is 23.8 Å². The molecule has 7 heteroatoms. The van der Waals surface area contributed by atoms with Gasteiger partial charge in [-0.05, 0) is 37.0 Å². The van der Waals surface area contributed by atoms with Crippen LogP contribution in [-0.4, -0.2) is 24.1 Å². The zero-order valence-corrected chi connectivity index (χ0v) is 15.0. The van der Waals surface area contributed by atoms with Gasteiger partial charge in [-0.15, -0.1) is 0 Å². The highest BCUT2D eigenvalue weighted by Gasteiger charge is 2.29. The van der Waals surface area contributed by atoms with Crippen LogP contribution in [0.3, 0.4) is 0 Å². The smallest absolute Gasteiger partial charge is 0.269 e. The standard InChI is InChI=1S/C20H18N2O5/c1-25-19-10-15-16(11-20(19)26-2)21-8-7-18(15)27-17-6-5-13(22(23)24)9-14(17)12-3-4-12/h5-12H,3-4H2,1-2H3. The van der Waals surface area contributed by atoms with Crippen molar-refractivity contribution >= 4 is 16.6 Å². The van der Waals surface area contributed by atoms with E-state index in [2.05, 4.69) is 4.98 Å². The van der Waals surface area contributed by atoms with E-state index >= 15 is 0 Å². The molecule has 27 heavy (non-hydrogen) atoms. The van der Waals surface area contributed by atoms with Crippen LogP contribution >= 0.6 is 0 Å². The Hall–Kier alpha value is -3.35. The van der Waals surface area contributed by atoms with E-state index in [1.165, 1.54) is 6.07 Å². The predicted molar refractivity (Wildman–Crippen MR) is 100.0 cm³/mol. The van der Waals surface area contributed by atoms with Crippen molar-refractivity contribution in [1.82, 2.24) is 4.98 Å². The molecule has 7 nitrogen and oxygen atoms in total. The molecule has 1 fully saturated rings. The topological polar surface area (TPSA) is 83.7 Å². The Bertz CT molecular complexity index is 1030. The average molecular weight is 366 g/mol. The largest absolute Gasteiger partial charge is 0.493 e. The summed E-state index contributed by atoms with van der Waals surface area (Å²) in [5.74, 6) is 2.71. The molecule has 2 aromatic carbocycles. The fourth-order valence-electron chi connectivity index (χ4n) is 3.11. The molecule has 0 unspecified atom stereocenters. The van der Waals surface area contributed by atoms with Gasteiger partial charge in [0.25, 0.3) is 5.69 Å². The monoisotopic (exact) mass is 366 g/mol. The second-order valence-electron chi connectivity index (χ2n) is 6.39. The number of nitro benzene ring substituents is 1. The van der Waals surface area contributed by atoms with Gasteiger partial charge in [-0.1, -0.05) is 0 Å². The number of nitrogens with zero attached hydrogens (tertiary/aromatic N) is 2. The van der Waals surface area contributed by atoms with Gasteiger partial charge in [-0.25, -0.2) is 0 Å². The fraction of sp³-hybridized carbons (Fsp3) is 0.250. The minimum absolute atomic E-state index is 0.0789. The average Bonchev–Trinajstić information content (AvgIpc) is 3.52. The van der Waals surface area contributed by atoms with E-state index < -0.39 is 0 Å². The number of non-ortho nitro benzene ring substituents is 1. The third-order valence-electron chi connectivity index (χ3n) is 4.65. The van der Waals surface area contributed by atoms with Crippen LogP contribution in [0.5, 0.6) is 23.0 Å². The zero-order valence-electron chi connectivity index (χ0n) is 15.0. The van der Waals surface area contributed by atoms with Crippen LogP contribution < -0.4 is 14.2 Å². The molecule has 0 N–H and O–H groups in total. The van der Waals surface area contributed by atoms with Crippen LogP contribution in [0, 0.1) is 10.1 Å². The van der Waals surface area contributed by atoms with E-state index in [1.54, 1.807) is 44.7 Å². The molecule has 0 radical (unpaired) electrons. The van der Waals surface area contributed by atoms with Gasteiger partial charge in [0.1, 0.15) is 11.5 Å². The summed E-state index contributed by atoms with van der Waals surface area (Å²) in [6.07, 6.45) is 3.69. The first-order valence-corrected chi connectivity index (χ1v) is 8.57. The molecule has 1 aliphatic carbocycles. The highest BCUT2D eigenvalue weighted by Crippen LogP contribution is 2.47. The number of nitro groups is 1. The van der Waals surface area contributed by atoms with E-state index in [4.69, 9.17) is 14.2 Å². The molecule has 1 aliphatic rings. The summed E-state index contributed by atoms with van der Waals surface area (Å²) in [4.78, 5) is 15.1. The molecule has 0 saturated heterocycles. The van der Waals surface area contributed by atoms with Gasteiger partial charge >= 0.3 is 0 Å². The van der Waals surface area contributed by atoms with Crippen molar-refractivity contribution in [3.8, 4) is 23.0 Å². The molecule has 4 rings (SSSR count). The van der Waals surface area contributed by atoms with Gasteiger partial charge in [0.2, 0.25) is 0 Å². The summed E-state index contributed by atoms with van der Waals surface area (Å²) in [6.45, 7) is 0. The van der Waals surface area contributed by atoms with Crippen LogP contribution in [0.4, 0.5) is 5.69 Å². The minimum atomic E-state index is -0.380. The number of hydrogen-bond acceptors (Lipinski definition) is 6. The predicted octanol–water partition coefficient (Wildman–Crippen LogP) is 4.83. The zero-order chi connectivity index (χ0) is 19.0.